The summed E-state index contributed by atoms with van der Waals surface area (Å²) >= 11 is 1.75. The molecule has 10 heavy (non-hydrogen) atoms. The molecule has 0 saturated carbocycles. The van der Waals surface area contributed by atoms with E-state index in [0.29, 0.717) is 6.04 Å². The number of nitrogens with zero attached hydrogens (tertiary/aromatic N) is 1. The Morgan fingerprint density at radius 1 is 1.70 bits per heavy atom. The fourth-order valence-electron chi connectivity index (χ4n) is 1.07. The molecule has 1 aliphatic heterocycles. The topological polar surface area (TPSA) is 41.3 Å². The molecule has 0 amide bonds. The van der Waals surface area contributed by atoms with Crippen LogP contribution in [-0.2, 0) is 0 Å². The lowest BCUT2D eigenvalue weighted by molar-refractivity contribution is 0.161. The Hall–Kier alpha value is 0.230. The first-order valence-electron chi connectivity index (χ1n) is 3.59. The van der Waals surface area contributed by atoms with Gasteiger partial charge in [0, 0.05) is 31.4 Å². The highest BCUT2D eigenvalue weighted by molar-refractivity contribution is 7.97. The molecular formula is C6H15N3S. The highest BCUT2D eigenvalue weighted by Crippen LogP contribution is 2.05. The Morgan fingerprint density at radius 3 is 2.90 bits per heavy atom. The molecule has 1 aliphatic rings. The number of hydrogen-bond acceptors (Lipinski definition) is 4. The Labute approximate surface area is 66.5 Å². The maximum Gasteiger partial charge on any atom is 0.0297 e. The van der Waals surface area contributed by atoms with Crippen LogP contribution in [0.4, 0.5) is 0 Å². The van der Waals surface area contributed by atoms with Gasteiger partial charge in [0.15, 0.2) is 0 Å². The molecule has 0 aromatic heterocycles. The maximum atomic E-state index is 5.61. The Bertz CT molecular complexity index is 93.0. The zero-order valence-electron chi connectivity index (χ0n) is 6.34. The number of nitrogens with one attached hydrogen (secondary N) is 1. The molecule has 0 bridgehead atoms. The van der Waals surface area contributed by atoms with E-state index in [2.05, 4.69) is 9.62 Å². The van der Waals surface area contributed by atoms with Crippen molar-refractivity contribution in [3.63, 3.8) is 0 Å². The minimum Gasteiger partial charge on any atom is -0.325 e. The summed E-state index contributed by atoms with van der Waals surface area (Å²) in [5, 5.41) is 0. The van der Waals surface area contributed by atoms with Crippen LogP contribution in [0.3, 0.4) is 0 Å². The van der Waals surface area contributed by atoms with Crippen LogP contribution in [0.5, 0.6) is 0 Å². The van der Waals surface area contributed by atoms with Crippen molar-refractivity contribution in [3.8, 4) is 0 Å². The van der Waals surface area contributed by atoms with Gasteiger partial charge >= 0.3 is 0 Å². The lowest BCUT2D eigenvalue weighted by Crippen LogP contribution is -2.56. The number of rotatable bonds is 4. The van der Waals surface area contributed by atoms with Crippen molar-refractivity contribution in [1.29, 1.82) is 0 Å². The van der Waals surface area contributed by atoms with Gasteiger partial charge in [0.05, 0.1) is 0 Å². The molecule has 1 rings (SSSR count). The summed E-state index contributed by atoms with van der Waals surface area (Å²) in [7, 11) is 1.95. The third kappa shape index (κ3) is 2.46. The van der Waals surface area contributed by atoms with Crippen molar-refractivity contribution >= 4 is 11.9 Å². The summed E-state index contributed by atoms with van der Waals surface area (Å²) in [5.74, 6) is 1.16. The second kappa shape index (κ2) is 4.18. The zero-order valence-corrected chi connectivity index (χ0v) is 7.16. The van der Waals surface area contributed by atoms with E-state index in [4.69, 9.17) is 5.73 Å². The van der Waals surface area contributed by atoms with Crippen molar-refractivity contribution in [1.82, 2.24) is 9.62 Å². The summed E-state index contributed by atoms with van der Waals surface area (Å²) in [5.41, 5.74) is 5.61. The first kappa shape index (κ1) is 8.33. The monoisotopic (exact) mass is 161 g/mol. The van der Waals surface area contributed by atoms with Crippen molar-refractivity contribution < 1.29 is 0 Å². The predicted molar refractivity (Wildman–Crippen MR) is 45.9 cm³/mol. The van der Waals surface area contributed by atoms with E-state index in [0.717, 1.165) is 18.8 Å². The van der Waals surface area contributed by atoms with Gasteiger partial charge in [-0.1, -0.05) is 11.9 Å². The van der Waals surface area contributed by atoms with E-state index in [-0.39, 0.29) is 0 Å². The van der Waals surface area contributed by atoms with Crippen LogP contribution < -0.4 is 10.5 Å². The van der Waals surface area contributed by atoms with Gasteiger partial charge < -0.3 is 5.73 Å². The van der Waals surface area contributed by atoms with Gasteiger partial charge in [-0.3, -0.25) is 9.62 Å². The molecule has 0 radical (unpaired) electrons. The summed E-state index contributed by atoms with van der Waals surface area (Å²) in [6.45, 7) is 3.34. The molecule has 0 aromatic rings. The van der Waals surface area contributed by atoms with Crippen LogP contribution in [0.1, 0.15) is 0 Å². The first-order valence-corrected chi connectivity index (χ1v) is 4.58. The Morgan fingerprint density at radius 2 is 2.40 bits per heavy atom. The third-order valence-electron chi connectivity index (χ3n) is 1.64. The van der Waals surface area contributed by atoms with Gasteiger partial charge in [-0.25, -0.2) is 0 Å². The summed E-state index contributed by atoms with van der Waals surface area (Å²) < 4.78 is 3.04. The van der Waals surface area contributed by atoms with Gasteiger partial charge in [0.2, 0.25) is 0 Å². The van der Waals surface area contributed by atoms with Crippen LogP contribution in [0.2, 0.25) is 0 Å². The van der Waals surface area contributed by atoms with Crippen LogP contribution in [0.15, 0.2) is 0 Å². The first-order chi connectivity index (χ1) is 4.83. The average Bonchev–Trinajstić information content (AvgIpc) is 1.85. The predicted octanol–water partition coefficient (Wildman–Crippen LogP) is -0.503. The standard InChI is InChI=1S/C6H15N3S/c1-8-10-3-2-9-4-6(7)5-9/h6,8H,2-5,7H2,1H3. The van der Waals surface area contributed by atoms with Gasteiger partial charge in [0.25, 0.3) is 0 Å². The SMILES string of the molecule is CNSCCN1CC(N)C1. The van der Waals surface area contributed by atoms with Crippen molar-refractivity contribution in [2.24, 2.45) is 5.73 Å². The molecule has 0 atom stereocenters. The maximum absolute atomic E-state index is 5.61. The van der Waals surface area contributed by atoms with Crippen LogP contribution in [-0.4, -0.2) is 43.4 Å². The molecule has 1 heterocycles. The van der Waals surface area contributed by atoms with Crippen molar-refractivity contribution in [2.45, 2.75) is 6.04 Å². The van der Waals surface area contributed by atoms with E-state index in [9.17, 15) is 0 Å². The van der Waals surface area contributed by atoms with Gasteiger partial charge in [0.1, 0.15) is 0 Å². The van der Waals surface area contributed by atoms with E-state index in [1.54, 1.807) is 11.9 Å². The summed E-state index contributed by atoms with van der Waals surface area (Å²) in [6.07, 6.45) is 0. The normalized spacial score (nSPS) is 21.0. The van der Waals surface area contributed by atoms with E-state index >= 15 is 0 Å². The van der Waals surface area contributed by atoms with Crippen LogP contribution in [0.25, 0.3) is 0 Å². The highest BCUT2D eigenvalue weighted by Gasteiger charge is 2.21. The quantitative estimate of drug-likeness (QED) is 0.431. The lowest BCUT2D eigenvalue weighted by Gasteiger charge is -2.36. The summed E-state index contributed by atoms with van der Waals surface area (Å²) in [4.78, 5) is 2.37. The minimum absolute atomic E-state index is 0.444. The fraction of sp³-hybridized carbons (Fsp3) is 1.00. The molecule has 3 N–H and O–H groups in total. The van der Waals surface area contributed by atoms with E-state index in [1.807, 2.05) is 7.05 Å². The second-order valence-corrected chi connectivity index (χ2v) is 3.68. The highest BCUT2D eigenvalue weighted by atomic mass is 32.2. The number of hydrogen-bond donors (Lipinski definition) is 2. The van der Waals surface area contributed by atoms with Gasteiger partial charge in [-0.15, -0.1) is 0 Å². The molecule has 3 nitrogen and oxygen atoms in total. The van der Waals surface area contributed by atoms with Crippen molar-refractivity contribution in [3.05, 3.63) is 0 Å². The molecule has 1 fully saturated rings. The molecule has 0 aromatic carbocycles. The number of likely N-dealkylation sites (tertiary alicyclic amines) is 1. The lowest BCUT2D eigenvalue weighted by atomic mass is 10.1. The molecule has 4 heteroatoms. The average molecular weight is 161 g/mol. The second-order valence-electron chi connectivity index (χ2n) is 2.57. The zero-order chi connectivity index (χ0) is 7.40. The smallest absolute Gasteiger partial charge is 0.0297 e. The Balaban J connectivity index is 1.86. The van der Waals surface area contributed by atoms with Crippen molar-refractivity contribution in [2.75, 3.05) is 32.4 Å². The molecular weight excluding hydrogens is 146 g/mol. The van der Waals surface area contributed by atoms with Gasteiger partial charge in [-0.2, -0.15) is 0 Å². The molecule has 1 saturated heterocycles. The fourth-order valence-corrected chi connectivity index (χ4v) is 1.62. The van der Waals surface area contributed by atoms with Crippen LogP contribution >= 0.6 is 11.9 Å². The summed E-state index contributed by atoms with van der Waals surface area (Å²) in [6, 6.07) is 0.444. The molecule has 60 valence electrons. The molecule has 0 spiro atoms. The molecule has 0 aliphatic carbocycles. The van der Waals surface area contributed by atoms with Gasteiger partial charge in [-0.05, 0) is 7.05 Å². The number of nitrogens with two attached hydrogens (primary N) is 1. The minimum atomic E-state index is 0.444. The largest absolute Gasteiger partial charge is 0.325 e. The third-order valence-corrected chi connectivity index (χ3v) is 2.31. The Kier molecular flexibility index (Phi) is 3.48. The van der Waals surface area contributed by atoms with E-state index in [1.165, 1.54) is 6.54 Å². The van der Waals surface area contributed by atoms with Crippen LogP contribution in [0, 0.1) is 0 Å². The molecule has 0 unspecified atom stereocenters. The van der Waals surface area contributed by atoms with E-state index < -0.39 is 0 Å².